The number of hydrogen-bond acceptors (Lipinski definition) is 2. The Hall–Kier alpha value is -2.13. The highest BCUT2D eigenvalue weighted by Crippen LogP contribution is 2.29. The molecule has 1 heterocycles. The lowest BCUT2D eigenvalue weighted by Crippen LogP contribution is -2.12. The van der Waals surface area contributed by atoms with Gasteiger partial charge in [-0.1, -0.05) is 17.7 Å². The van der Waals surface area contributed by atoms with Crippen LogP contribution in [0.4, 0.5) is 4.39 Å². The lowest BCUT2D eigenvalue weighted by Gasteiger charge is -2.12. The van der Waals surface area contributed by atoms with E-state index in [1.54, 1.807) is 6.07 Å². The van der Waals surface area contributed by atoms with Crippen molar-refractivity contribution in [2.24, 2.45) is 5.73 Å². The van der Waals surface area contributed by atoms with E-state index in [2.05, 4.69) is 6.07 Å². The maximum absolute atomic E-state index is 13.2. The fourth-order valence-electron chi connectivity index (χ4n) is 2.48. The summed E-state index contributed by atoms with van der Waals surface area (Å²) >= 11 is 0. The molecule has 2 N–H and O–H groups in total. The molecule has 3 aromatic rings. The minimum Gasteiger partial charge on any atom is -0.459 e. The lowest BCUT2D eigenvalue weighted by molar-refractivity contribution is 0.523. The molecule has 102 valence electrons. The van der Waals surface area contributed by atoms with Gasteiger partial charge < -0.3 is 10.2 Å². The standard InChI is InChI=1S/C17H16FNO/c1-10-3-6-15-12(7-10)9-16(20-15)17(19)14-5-4-13(18)8-11(14)2/h3-9,17H,19H2,1-2H3. The second-order valence-corrected chi connectivity index (χ2v) is 5.17. The fraction of sp³-hybridized carbons (Fsp3) is 0.176. The number of halogens is 1. The Kier molecular flexibility index (Phi) is 3.07. The topological polar surface area (TPSA) is 39.2 Å². The molecule has 1 unspecified atom stereocenters. The zero-order valence-electron chi connectivity index (χ0n) is 11.5. The third kappa shape index (κ3) is 2.21. The van der Waals surface area contributed by atoms with Gasteiger partial charge in [0.25, 0.3) is 0 Å². The first kappa shape index (κ1) is 12.9. The average Bonchev–Trinajstić information content (AvgIpc) is 2.81. The van der Waals surface area contributed by atoms with Gasteiger partial charge in [0.15, 0.2) is 0 Å². The molecule has 20 heavy (non-hydrogen) atoms. The molecule has 0 aliphatic carbocycles. The zero-order chi connectivity index (χ0) is 14.3. The Balaban J connectivity index is 2.05. The summed E-state index contributed by atoms with van der Waals surface area (Å²) in [7, 11) is 0. The Labute approximate surface area is 117 Å². The number of furan rings is 1. The van der Waals surface area contributed by atoms with Crippen molar-refractivity contribution in [1.29, 1.82) is 0 Å². The third-order valence-electron chi connectivity index (χ3n) is 3.56. The van der Waals surface area contributed by atoms with Crippen molar-refractivity contribution in [3.05, 3.63) is 70.7 Å². The van der Waals surface area contributed by atoms with Crippen molar-refractivity contribution < 1.29 is 8.81 Å². The van der Waals surface area contributed by atoms with Gasteiger partial charge in [-0.3, -0.25) is 0 Å². The molecule has 1 atom stereocenters. The largest absolute Gasteiger partial charge is 0.459 e. The summed E-state index contributed by atoms with van der Waals surface area (Å²) in [5.41, 5.74) is 9.96. The minimum atomic E-state index is -0.386. The number of hydrogen-bond donors (Lipinski definition) is 1. The van der Waals surface area contributed by atoms with Crippen molar-refractivity contribution in [2.45, 2.75) is 19.9 Å². The van der Waals surface area contributed by atoms with Gasteiger partial charge in [0.05, 0.1) is 6.04 Å². The normalized spacial score (nSPS) is 12.8. The number of aryl methyl sites for hydroxylation is 2. The van der Waals surface area contributed by atoms with Crippen molar-refractivity contribution in [2.75, 3.05) is 0 Å². The van der Waals surface area contributed by atoms with E-state index < -0.39 is 0 Å². The minimum absolute atomic E-state index is 0.251. The lowest BCUT2D eigenvalue weighted by atomic mass is 10.00. The van der Waals surface area contributed by atoms with Crippen LogP contribution in [0.2, 0.25) is 0 Å². The van der Waals surface area contributed by atoms with Crippen molar-refractivity contribution in [3.63, 3.8) is 0 Å². The summed E-state index contributed by atoms with van der Waals surface area (Å²) in [6.07, 6.45) is 0. The molecule has 3 rings (SSSR count). The quantitative estimate of drug-likeness (QED) is 0.756. The molecule has 0 saturated heterocycles. The van der Waals surface area contributed by atoms with Gasteiger partial charge in [0, 0.05) is 5.39 Å². The van der Waals surface area contributed by atoms with Crippen LogP contribution in [-0.2, 0) is 0 Å². The maximum Gasteiger partial charge on any atom is 0.134 e. The molecule has 0 aliphatic rings. The second kappa shape index (κ2) is 4.76. The summed E-state index contributed by atoms with van der Waals surface area (Å²) in [5, 5.41) is 1.04. The van der Waals surface area contributed by atoms with Gasteiger partial charge in [0.2, 0.25) is 0 Å². The predicted molar refractivity (Wildman–Crippen MR) is 78.1 cm³/mol. The molecule has 0 saturated carbocycles. The van der Waals surface area contributed by atoms with Crippen LogP contribution in [0, 0.1) is 19.7 Å². The first-order valence-corrected chi connectivity index (χ1v) is 6.56. The molecule has 0 amide bonds. The monoisotopic (exact) mass is 269 g/mol. The summed E-state index contributed by atoms with van der Waals surface area (Å²) < 4.78 is 19.0. The molecule has 0 bridgehead atoms. The van der Waals surface area contributed by atoms with E-state index >= 15 is 0 Å². The van der Waals surface area contributed by atoms with Gasteiger partial charge in [-0.2, -0.15) is 0 Å². The Bertz CT molecular complexity index is 776. The highest BCUT2D eigenvalue weighted by atomic mass is 19.1. The van der Waals surface area contributed by atoms with Gasteiger partial charge in [-0.25, -0.2) is 4.39 Å². The van der Waals surface area contributed by atoms with Crippen LogP contribution >= 0.6 is 0 Å². The van der Waals surface area contributed by atoms with Crippen LogP contribution in [-0.4, -0.2) is 0 Å². The molecule has 0 aliphatic heterocycles. The third-order valence-corrected chi connectivity index (χ3v) is 3.56. The SMILES string of the molecule is Cc1ccc2oc(C(N)c3ccc(F)cc3C)cc2c1. The van der Waals surface area contributed by atoms with E-state index in [-0.39, 0.29) is 11.9 Å². The van der Waals surface area contributed by atoms with Gasteiger partial charge in [-0.15, -0.1) is 0 Å². The van der Waals surface area contributed by atoms with Crippen LogP contribution < -0.4 is 5.73 Å². The summed E-state index contributed by atoms with van der Waals surface area (Å²) in [4.78, 5) is 0. The van der Waals surface area contributed by atoms with Crippen LogP contribution in [0.25, 0.3) is 11.0 Å². The Morgan fingerprint density at radius 3 is 2.60 bits per heavy atom. The zero-order valence-corrected chi connectivity index (χ0v) is 11.5. The summed E-state index contributed by atoms with van der Waals surface area (Å²) in [6.45, 7) is 3.89. The van der Waals surface area contributed by atoms with Crippen LogP contribution in [0.5, 0.6) is 0 Å². The van der Waals surface area contributed by atoms with Gasteiger partial charge in [0.1, 0.15) is 17.2 Å². The Morgan fingerprint density at radius 1 is 1.05 bits per heavy atom. The average molecular weight is 269 g/mol. The first-order chi connectivity index (χ1) is 9.54. The summed E-state index contributed by atoms with van der Waals surface area (Å²) in [5.74, 6) is 0.444. The van der Waals surface area contributed by atoms with E-state index in [9.17, 15) is 4.39 Å². The molecular weight excluding hydrogens is 253 g/mol. The van der Waals surface area contributed by atoms with E-state index in [0.29, 0.717) is 5.76 Å². The number of benzene rings is 2. The van der Waals surface area contributed by atoms with E-state index in [0.717, 1.165) is 22.1 Å². The van der Waals surface area contributed by atoms with E-state index in [4.69, 9.17) is 10.2 Å². The maximum atomic E-state index is 13.2. The number of fused-ring (bicyclic) bond motifs is 1. The van der Waals surface area contributed by atoms with Gasteiger partial charge >= 0.3 is 0 Å². The number of rotatable bonds is 2. The molecule has 2 aromatic carbocycles. The highest BCUT2D eigenvalue weighted by Gasteiger charge is 2.16. The molecular formula is C17H16FNO. The van der Waals surface area contributed by atoms with E-state index in [1.165, 1.54) is 17.7 Å². The number of nitrogens with two attached hydrogens (primary N) is 1. The van der Waals surface area contributed by atoms with E-state index in [1.807, 2.05) is 32.0 Å². The first-order valence-electron chi connectivity index (χ1n) is 6.56. The fourth-order valence-corrected chi connectivity index (χ4v) is 2.48. The molecule has 0 fully saturated rings. The second-order valence-electron chi connectivity index (χ2n) is 5.17. The molecule has 3 heteroatoms. The van der Waals surface area contributed by atoms with Crippen LogP contribution in [0.3, 0.4) is 0 Å². The molecule has 2 nitrogen and oxygen atoms in total. The van der Waals surface area contributed by atoms with Gasteiger partial charge in [-0.05, 0) is 55.3 Å². The molecule has 1 aromatic heterocycles. The molecule has 0 spiro atoms. The van der Waals surface area contributed by atoms with Crippen molar-refractivity contribution in [3.8, 4) is 0 Å². The van der Waals surface area contributed by atoms with Crippen molar-refractivity contribution >= 4 is 11.0 Å². The van der Waals surface area contributed by atoms with Crippen LogP contribution in [0.15, 0.2) is 46.9 Å². The summed E-state index contributed by atoms with van der Waals surface area (Å²) in [6, 6.07) is 12.2. The smallest absolute Gasteiger partial charge is 0.134 e. The predicted octanol–water partition coefficient (Wildman–Crippen LogP) is 4.24. The highest BCUT2D eigenvalue weighted by molar-refractivity contribution is 5.79. The van der Waals surface area contributed by atoms with Crippen LogP contribution in [0.1, 0.15) is 28.5 Å². The Morgan fingerprint density at radius 2 is 1.85 bits per heavy atom. The molecule has 0 radical (unpaired) electrons. The van der Waals surface area contributed by atoms with Crippen molar-refractivity contribution in [1.82, 2.24) is 0 Å².